The first-order valence-corrected chi connectivity index (χ1v) is 8.55. The summed E-state index contributed by atoms with van der Waals surface area (Å²) < 4.78 is 7.48. The largest absolute Gasteiger partial charge is 0.484 e. The van der Waals surface area contributed by atoms with E-state index in [9.17, 15) is 20.0 Å². The van der Waals surface area contributed by atoms with Crippen molar-refractivity contribution in [3.8, 4) is 5.75 Å². The van der Waals surface area contributed by atoms with Gasteiger partial charge in [0.05, 0.1) is 16.4 Å². The smallest absolute Gasteiger partial charge is 0.277 e. The highest BCUT2D eigenvalue weighted by molar-refractivity contribution is 5.97. The molecule has 7 heteroatoms. The highest BCUT2D eigenvalue weighted by atomic mass is 16.6. The average molecular weight is 366 g/mol. The van der Waals surface area contributed by atoms with Gasteiger partial charge in [-0.25, -0.2) is 0 Å². The van der Waals surface area contributed by atoms with E-state index in [1.165, 1.54) is 16.7 Å². The van der Waals surface area contributed by atoms with Gasteiger partial charge in [-0.15, -0.1) is 0 Å². The van der Waals surface area contributed by atoms with Crippen LogP contribution in [0.4, 0.5) is 5.69 Å². The molecular weight excluding hydrogens is 348 g/mol. The summed E-state index contributed by atoms with van der Waals surface area (Å²) >= 11 is 0. The fourth-order valence-electron chi connectivity index (χ4n) is 3.68. The number of rotatable bonds is 2. The SMILES string of the molecule is CC1(C)Oc2c(cc([N+](=O)[O-])c3ccccc23)[C@@H](n2ccccc2=O)[C@@H]1O. The Kier molecular flexibility index (Phi) is 3.78. The number of pyridine rings is 1. The molecule has 1 aromatic heterocycles. The molecule has 138 valence electrons. The Labute approximate surface area is 154 Å². The van der Waals surface area contributed by atoms with Crippen LogP contribution in [0.3, 0.4) is 0 Å². The number of aromatic nitrogens is 1. The van der Waals surface area contributed by atoms with Crippen LogP contribution in [-0.4, -0.2) is 26.3 Å². The highest BCUT2D eigenvalue weighted by Crippen LogP contribution is 2.47. The van der Waals surface area contributed by atoms with Crippen molar-refractivity contribution < 1.29 is 14.8 Å². The third-order valence-electron chi connectivity index (χ3n) is 5.04. The second-order valence-electron chi connectivity index (χ2n) is 7.16. The molecule has 0 fully saturated rings. The molecule has 1 aliphatic heterocycles. The molecule has 1 N–H and O–H groups in total. The Morgan fingerprint density at radius 3 is 2.48 bits per heavy atom. The van der Waals surface area contributed by atoms with Crippen LogP contribution in [0.15, 0.2) is 59.5 Å². The monoisotopic (exact) mass is 366 g/mol. The molecule has 0 saturated heterocycles. The third-order valence-corrected chi connectivity index (χ3v) is 5.04. The van der Waals surface area contributed by atoms with E-state index in [2.05, 4.69) is 0 Å². The van der Waals surface area contributed by atoms with Crippen LogP contribution in [0.5, 0.6) is 5.75 Å². The van der Waals surface area contributed by atoms with E-state index in [0.717, 1.165) is 0 Å². The average Bonchev–Trinajstić information content (AvgIpc) is 2.63. The predicted octanol–water partition coefficient (Wildman–Crippen LogP) is 3.03. The highest BCUT2D eigenvalue weighted by Gasteiger charge is 2.45. The van der Waals surface area contributed by atoms with E-state index in [4.69, 9.17) is 4.74 Å². The molecule has 0 unspecified atom stereocenters. The molecule has 1 aliphatic rings. The van der Waals surface area contributed by atoms with Crippen molar-refractivity contribution in [3.05, 3.63) is 80.8 Å². The lowest BCUT2D eigenvalue weighted by atomic mass is 9.84. The third kappa shape index (κ3) is 2.59. The topological polar surface area (TPSA) is 94.6 Å². The van der Waals surface area contributed by atoms with Gasteiger partial charge in [0.25, 0.3) is 11.2 Å². The Morgan fingerprint density at radius 1 is 1.15 bits per heavy atom. The minimum atomic E-state index is -1.08. The second kappa shape index (κ2) is 5.92. The first kappa shape index (κ1) is 17.2. The van der Waals surface area contributed by atoms with Gasteiger partial charge in [0.15, 0.2) is 0 Å². The number of hydrogen-bond acceptors (Lipinski definition) is 5. The van der Waals surface area contributed by atoms with Gasteiger partial charge < -0.3 is 14.4 Å². The standard InChI is InChI=1S/C20H18N2O5/c1-20(2)19(24)17(21-10-6-5-9-16(21)23)14-11-15(22(25)26)12-7-3-4-8-13(12)18(14)27-20/h3-11,17,19,24H,1-2H3/t17-,19+/m1/s1. The van der Waals surface area contributed by atoms with Gasteiger partial charge in [0.1, 0.15) is 17.5 Å². The Morgan fingerprint density at radius 2 is 1.81 bits per heavy atom. The van der Waals surface area contributed by atoms with Gasteiger partial charge >= 0.3 is 0 Å². The van der Waals surface area contributed by atoms with Crippen LogP contribution < -0.4 is 10.3 Å². The van der Waals surface area contributed by atoms with Gasteiger partial charge in [0.2, 0.25) is 0 Å². The first-order chi connectivity index (χ1) is 12.8. The molecule has 0 amide bonds. The number of aliphatic hydroxyl groups is 1. The summed E-state index contributed by atoms with van der Waals surface area (Å²) in [6.07, 6.45) is 0.494. The van der Waals surface area contributed by atoms with Crippen molar-refractivity contribution in [1.82, 2.24) is 4.57 Å². The molecule has 3 aromatic rings. The summed E-state index contributed by atoms with van der Waals surface area (Å²) in [7, 11) is 0. The number of nitro groups is 1. The molecule has 2 atom stereocenters. The second-order valence-corrected chi connectivity index (χ2v) is 7.16. The van der Waals surface area contributed by atoms with E-state index < -0.39 is 22.7 Å². The number of non-ortho nitro benzene ring substituents is 1. The fourth-order valence-corrected chi connectivity index (χ4v) is 3.68. The van der Waals surface area contributed by atoms with E-state index in [1.807, 2.05) is 0 Å². The van der Waals surface area contributed by atoms with Crippen molar-refractivity contribution in [2.45, 2.75) is 31.6 Å². The maximum absolute atomic E-state index is 12.4. The molecule has 7 nitrogen and oxygen atoms in total. The van der Waals surface area contributed by atoms with E-state index in [-0.39, 0.29) is 11.2 Å². The zero-order chi connectivity index (χ0) is 19.3. The normalized spacial score (nSPS) is 20.7. The van der Waals surface area contributed by atoms with Gasteiger partial charge in [-0.3, -0.25) is 14.9 Å². The summed E-state index contributed by atoms with van der Waals surface area (Å²) in [6, 6.07) is 12.2. The summed E-state index contributed by atoms with van der Waals surface area (Å²) in [5.41, 5.74) is -0.971. The van der Waals surface area contributed by atoms with Crippen LogP contribution >= 0.6 is 0 Å². The summed E-state index contributed by atoms with van der Waals surface area (Å²) in [6.45, 7) is 3.47. The lowest BCUT2D eigenvalue weighted by Gasteiger charge is -2.43. The van der Waals surface area contributed by atoms with Crippen LogP contribution in [0.1, 0.15) is 25.5 Å². The molecule has 0 spiro atoms. The van der Waals surface area contributed by atoms with Crippen molar-refractivity contribution in [2.75, 3.05) is 0 Å². The molecule has 0 radical (unpaired) electrons. The van der Waals surface area contributed by atoms with Crippen LogP contribution in [0.2, 0.25) is 0 Å². The minimum Gasteiger partial charge on any atom is -0.484 e. The van der Waals surface area contributed by atoms with Crippen molar-refractivity contribution in [2.24, 2.45) is 0 Å². The number of fused-ring (bicyclic) bond motifs is 3. The number of hydrogen-bond donors (Lipinski definition) is 1. The molecular formula is C20H18N2O5. The summed E-state index contributed by atoms with van der Waals surface area (Å²) in [5.74, 6) is 0.451. The van der Waals surface area contributed by atoms with Crippen molar-refractivity contribution >= 4 is 16.5 Å². The Bertz CT molecular complexity index is 1120. The zero-order valence-corrected chi connectivity index (χ0v) is 14.8. The molecule has 0 saturated carbocycles. The van der Waals surface area contributed by atoms with Gasteiger partial charge in [-0.1, -0.05) is 24.3 Å². The van der Waals surface area contributed by atoms with Crippen LogP contribution in [0, 0.1) is 10.1 Å². The minimum absolute atomic E-state index is 0.0890. The lowest BCUT2D eigenvalue weighted by Crippen LogP contribution is -2.52. The van der Waals surface area contributed by atoms with E-state index >= 15 is 0 Å². The number of ether oxygens (including phenoxy) is 1. The van der Waals surface area contributed by atoms with Gasteiger partial charge in [0, 0.05) is 29.3 Å². The molecule has 0 aliphatic carbocycles. The maximum atomic E-state index is 12.4. The molecule has 4 rings (SSSR count). The lowest BCUT2D eigenvalue weighted by molar-refractivity contribution is -0.383. The molecule has 0 bridgehead atoms. The number of nitrogens with zero attached hydrogens (tertiary/aromatic N) is 2. The maximum Gasteiger partial charge on any atom is 0.277 e. The van der Waals surface area contributed by atoms with E-state index in [1.54, 1.807) is 56.4 Å². The fraction of sp³-hybridized carbons (Fsp3) is 0.250. The first-order valence-electron chi connectivity index (χ1n) is 8.55. The Hall–Kier alpha value is -3.19. The van der Waals surface area contributed by atoms with E-state index in [0.29, 0.717) is 22.1 Å². The van der Waals surface area contributed by atoms with Crippen LogP contribution in [0.25, 0.3) is 10.8 Å². The summed E-state index contributed by atoms with van der Waals surface area (Å²) in [5, 5.41) is 23.7. The zero-order valence-electron chi connectivity index (χ0n) is 14.8. The molecule has 27 heavy (non-hydrogen) atoms. The molecule has 2 heterocycles. The number of aliphatic hydroxyl groups excluding tert-OH is 1. The van der Waals surface area contributed by atoms with Gasteiger partial charge in [-0.2, -0.15) is 0 Å². The van der Waals surface area contributed by atoms with Crippen molar-refractivity contribution in [3.63, 3.8) is 0 Å². The number of benzene rings is 2. The van der Waals surface area contributed by atoms with Crippen molar-refractivity contribution in [1.29, 1.82) is 0 Å². The predicted molar refractivity (Wildman–Crippen MR) is 100 cm³/mol. The molecule has 2 aromatic carbocycles. The van der Waals surface area contributed by atoms with Gasteiger partial charge in [-0.05, 0) is 26.0 Å². The number of nitro benzene ring substituents is 1. The quantitative estimate of drug-likeness (QED) is 0.556. The summed E-state index contributed by atoms with van der Waals surface area (Å²) in [4.78, 5) is 23.6. The van der Waals surface area contributed by atoms with Crippen LogP contribution in [-0.2, 0) is 0 Å². The Balaban J connectivity index is 2.11.